The molecule has 0 unspecified atom stereocenters. The molecule has 0 saturated heterocycles. The minimum absolute atomic E-state index is 0.0477. The highest BCUT2D eigenvalue weighted by Gasteiger charge is 2.33. The van der Waals surface area contributed by atoms with E-state index >= 15 is 0 Å². The van der Waals surface area contributed by atoms with Gasteiger partial charge < -0.3 is 10.5 Å². The number of aliphatic hydroxyl groups excluding tert-OH is 1. The summed E-state index contributed by atoms with van der Waals surface area (Å²) in [5.41, 5.74) is 2.70. The van der Waals surface area contributed by atoms with Crippen molar-refractivity contribution in [2.24, 2.45) is 5.84 Å². The molecule has 0 aromatic carbocycles. The molecule has 1 saturated carbocycles. The highest BCUT2D eigenvalue weighted by Crippen LogP contribution is 2.29. The number of nitrogens with two attached hydrogens (primary N) is 1. The molecule has 1 aliphatic carbocycles. The monoisotopic (exact) mass is 314 g/mol. The van der Waals surface area contributed by atoms with Gasteiger partial charge >= 0.3 is 0 Å². The van der Waals surface area contributed by atoms with Gasteiger partial charge in [0.15, 0.2) is 0 Å². The van der Waals surface area contributed by atoms with Crippen LogP contribution in [0.2, 0.25) is 0 Å². The number of nitrogens with one attached hydrogen (secondary N) is 1. The highest BCUT2D eigenvalue weighted by atomic mass is 32.2. The first kappa shape index (κ1) is 16.2. The van der Waals surface area contributed by atoms with E-state index in [4.69, 9.17) is 5.84 Å². The third-order valence-electron chi connectivity index (χ3n) is 3.83. The second kappa shape index (κ2) is 7.17. The summed E-state index contributed by atoms with van der Waals surface area (Å²) >= 11 is 0. The van der Waals surface area contributed by atoms with Crippen LogP contribution in [0.1, 0.15) is 32.1 Å². The van der Waals surface area contributed by atoms with Crippen LogP contribution in [0, 0.1) is 0 Å². The van der Waals surface area contributed by atoms with Gasteiger partial charge in [-0.25, -0.2) is 8.42 Å². The lowest BCUT2D eigenvalue weighted by molar-refractivity contribution is 0.199. The Morgan fingerprint density at radius 1 is 1.38 bits per heavy atom. The molecule has 2 rings (SSSR count). The van der Waals surface area contributed by atoms with Crippen molar-refractivity contribution in [1.82, 2.24) is 9.29 Å². The van der Waals surface area contributed by atoms with E-state index in [0.29, 0.717) is 5.69 Å². The lowest BCUT2D eigenvalue weighted by Gasteiger charge is -2.33. The van der Waals surface area contributed by atoms with E-state index in [1.165, 1.54) is 22.8 Å². The van der Waals surface area contributed by atoms with Gasteiger partial charge in [-0.15, -0.1) is 0 Å². The SMILES string of the molecule is NNc1ccncc1S(=O)(=O)N(CCO)C1CCCCC1. The number of pyridine rings is 1. The van der Waals surface area contributed by atoms with Crippen LogP contribution in [-0.2, 0) is 10.0 Å². The first-order valence-corrected chi connectivity index (χ1v) is 8.58. The molecule has 8 heteroatoms. The molecule has 1 aromatic rings. The van der Waals surface area contributed by atoms with Crippen molar-refractivity contribution in [3.8, 4) is 0 Å². The summed E-state index contributed by atoms with van der Waals surface area (Å²) in [6.45, 7) is -0.118. The second-order valence-electron chi connectivity index (χ2n) is 5.15. The number of hydrogen-bond acceptors (Lipinski definition) is 6. The van der Waals surface area contributed by atoms with Crippen molar-refractivity contribution in [3.05, 3.63) is 18.5 Å². The van der Waals surface area contributed by atoms with Gasteiger partial charge in [0.25, 0.3) is 0 Å². The minimum Gasteiger partial charge on any atom is -0.395 e. The van der Waals surface area contributed by atoms with Crippen LogP contribution >= 0.6 is 0 Å². The van der Waals surface area contributed by atoms with Gasteiger partial charge in [-0.2, -0.15) is 4.31 Å². The van der Waals surface area contributed by atoms with Crippen molar-refractivity contribution in [2.45, 2.75) is 43.0 Å². The second-order valence-corrected chi connectivity index (χ2v) is 7.01. The van der Waals surface area contributed by atoms with Gasteiger partial charge in [-0.3, -0.25) is 10.8 Å². The Kier molecular flexibility index (Phi) is 5.51. The Balaban J connectivity index is 2.37. The molecule has 21 heavy (non-hydrogen) atoms. The molecule has 118 valence electrons. The van der Waals surface area contributed by atoms with Crippen LogP contribution in [0.5, 0.6) is 0 Å². The highest BCUT2D eigenvalue weighted by molar-refractivity contribution is 7.89. The summed E-state index contributed by atoms with van der Waals surface area (Å²) in [5.74, 6) is 5.39. The predicted octanol–water partition coefficient (Wildman–Crippen LogP) is 0.683. The zero-order chi connectivity index (χ0) is 15.3. The Bertz CT molecular complexity index is 558. The quantitative estimate of drug-likeness (QED) is 0.526. The summed E-state index contributed by atoms with van der Waals surface area (Å²) < 4.78 is 27.2. The summed E-state index contributed by atoms with van der Waals surface area (Å²) in [6, 6.07) is 1.45. The number of nitrogens with zero attached hydrogens (tertiary/aromatic N) is 2. The zero-order valence-corrected chi connectivity index (χ0v) is 12.7. The molecular formula is C13H22N4O3S. The normalized spacial score (nSPS) is 17.1. The zero-order valence-electron chi connectivity index (χ0n) is 11.9. The number of rotatable bonds is 6. The fraction of sp³-hybridized carbons (Fsp3) is 0.615. The lowest BCUT2D eigenvalue weighted by atomic mass is 9.95. The molecule has 0 spiro atoms. The van der Waals surface area contributed by atoms with Crippen LogP contribution in [0.15, 0.2) is 23.4 Å². The van der Waals surface area contributed by atoms with E-state index in [9.17, 15) is 13.5 Å². The van der Waals surface area contributed by atoms with Crippen LogP contribution in [0.3, 0.4) is 0 Å². The van der Waals surface area contributed by atoms with Gasteiger partial charge in [0.05, 0.1) is 12.3 Å². The molecule has 1 fully saturated rings. The predicted molar refractivity (Wildman–Crippen MR) is 79.9 cm³/mol. The molecule has 1 aromatic heterocycles. The molecule has 7 nitrogen and oxygen atoms in total. The molecule has 0 radical (unpaired) electrons. The molecule has 0 bridgehead atoms. The van der Waals surface area contributed by atoms with E-state index in [-0.39, 0.29) is 24.1 Å². The summed E-state index contributed by atoms with van der Waals surface area (Å²) in [4.78, 5) is 3.93. The van der Waals surface area contributed by atoms with E-state index in [1.54, 1.807) is 0 Å². The average Bonchev–Trinajstić information content (AvgIpc) is 2.53. The Morgan fingerprint density at radius 3 is 2.71 bits per heavy atom. The maximum Gasteiger partial charge on any atom is 0.247 e. The number of sulfonamides is 1. The van der Waals surface area contributed by atoms with E-state index < -0.39 is 10.0 Å². The Hall–Kier alpha value is -1.22. The van der Waals surface area contributed by atoms with Crippen LogP contribution < -0.4 is 11.3 Å². The fourth-order valence-electron chi connectivity index (χ4n) is 2.80. The number of aromatic nitrogens is 1. The van der Waals surface area contributed by atoms with Crippen LogP contribution in [0.25, 0.3) is 0 Å². The van der Waals surface area contributed by atoms with Gasteiger partial charge in [0, 0.05) is 25.0 Å². The molecule has 1 heterocycles. The standard InChI is InChI=1S/C13H22N4O3S/c14-16-12-6-7-15-10-13(12)21(19,20)17(8-9-18)11-4-2-1-3-5-11/h6-7,10-11,18H,1-5,8-9,14H2,(H,15,16). The van der Waals surface area contributed by atoms with E-state index in [1.807, 2.05) is 0 Å². The van der Waals surface area contributed by atoms with Gasteiger partial charge in [-0.05, 0) is 18.9 Å². The fourth-order valence-corrected chi connectivity index (χ4v) is 4.57. The molecule has 1 aliphatic rings. The van der Waals surface area contributed by atoms with Crippen LogP contribution in [0.4, 0.5) is 5.69 Å². The minimum atomic E-state index is -3.74. The summed E-state index contributed by atoms with van der Waals surface area (Å²) in [6.07, 6.45) is 7.57. The molecular weight excluding hydrogens is 292 g/mol. The summed E-state index contributed by atoms with van der Waals surface area (Å²) in [7, 11) is -3.74. The number of anilines is 1. The maximum atomic E-state index is 12.9. The number of hydrogen-bond donors (Lipinski definition) is 3. The molecule has 4 N–H and O–H groups in total. The Labute approximate surface area is 125 Å². The van der Waals surface area contributed by atoms with Gasteiger partial charge in [-0.1, -0.05) is 19.3 Å². The third-order valence-corrected chi connectivity index (χ3v) is 5.81. The third kappa shape index (κ3) is 3.52. The van der Waals surface area contributed by atoms with Gasteiger partial charge in [0.2, 0.25) is 10.0 Å². The lowest BCUT2D eigenvalue weighted by Crippen LogP contribution is -2.43. The maximum absolute atomic E-state index is 12.9. The number of aliphatic hydroxyl groups is 1. The largest absolute Gasteiger partial charge is 0.395 e. The topological polar surface area (TPSA) is 109 Å². The smallest absolute Gasteiger partial charge is 0.247 e. The number of hydrazine groups is 1. The van der Waals surface area contributed by atoms with E-state index in [0.717, 1.165) is 32.1 Å². The van der Waals surface area contributed by atoms with Crippen molar-refractivity contribution < 1.29 is 13.5 Å². The first-order valence-electron chi connectivity index (χ1n) is 7.14. The van der Waals surface area contributed by atoms with Crippen molar-refractivity contribution in [2.75, 3.05) is 18.6 Å². The Morgan fingerprint density at radius 2 is 2.10 bits per heavy atom. The summed E-state index contributed by atoms with van der Waals surface area (Å²) in [5, 5.41) is 9.24. The van der Waals surface area contributed by atoms with Crippen molar-refractivity contribution in [3.63, 3.8) is 0 Å². The average molecular weight is 314 g/mol. The van der Waals surface area contributed by atoms with Gasteiger partial charge in [0.1, 0.15) is 4.90 Å². The van der Waals surface area contributed by atoms with Crippen molar-refractivity contribution in [1.29, 1.82) is 0 Å². The first-order chi connectivity index (χ1) is 10.1. The molecule has 0 amide bonds. The molecule has 0 aliphatic heterocycles. The van der Waals surface area contributed by atoms with Crippen LogP contribution in [-0.4, -0.2) is 42.0 Å². The van der Waals surface area contributed by atoms with E-state index in [2.05, 4.69) is 10.4 Å². The number of nitrogen functional groups attached to an aromatic ring is 1. The van der Waals surface area contributed by atoms with Crippen molar-refractivity contribution >= 4 is 15.7 Å². The molecule has 0 atom stereocenters.